The van der Waals surface area contributed by atoms with Gasteiger partial charge >= 0.3 is 0 Å². The van der Waals surface area contributed by atoms with Gasteiger partial charge in [-0.2, -0.15) is 5.10 Å². The number of fused-ring (bicyclic) bond motifs is 1. The second-order valence-corrected chi connectivity index (χ2v) is 6.98. The molecule has 1 aromatic heterocycles. The van der Waals surface area contributed by atoms with E-state index in [0.717, 1.165) is 22.0 Å². The minimum Gasteiger partial charge on any atom is -0.350 e. The Balaban J connectivity index is 1.68. The molecule has 0 unspecified atom stereocenters. The van der Waals surface area contributed by atoms with Crippen LogP contribution in [-0.4, -0.2) is 16.6 Å². The Labute approximate surface area is 171 Å². The lowest BCUT2D eigenvalue weighted by atomic mass is 10.0. The van der Waals surface area contributed by atoms with Crippen LogP contribution in [0.15, 0.2) is 84.0 Å². The summed E-state index contributed by atoms with van der Waals surface area (Å²) in [6, 6.07) is 24.3. The minimum absolute atomic E-state index is 0.329. The molecule has 1 amide bonds. The van der Waals surface area contributed by atoms with Gasteiger partial charge in [-0.1, -0.05) is 77.8 Å². The first kappa shape index (κ1) is 18.3. The van der Waals surface area contributed by atoms with Crippen LogP contribution in [0.3, 0.4) is 0 Å². The molecule has 138 valence electrons. The normalized spacial score (nSPS) is 11.6. The van der Waals surface area contributed by atoms with Crippen molar-refractivity contribution in [2.24, 2.45) is 5.10 Å². The Kier molecular flexibility index (Phi) is 5.15. The van der Waals surface area contributed by atoms with Gasteiger partial charge in [0, 0.05) is 22.0 Å². The number of hydrogen-bond donors (Lipinski definition) is 2. The molecule has 3 aromatic carbocycles. The number of aromatic amines is 1. The van der Waals surface area contributed by atoms with Gasteiger partial charge in [-0.15, -0.1) is 0 Å². The number of rotatable bonds is 4. The molecule has 6 heteroatoms. The first-order chi connectivity index (χ1) is 13.6. The quantitative estimate of drug-likeness (QED) is 0.332. The average Bonchev–Trinajstić information content (AvgIpc) is 3.16. The van der Waals surface area contributed by atoms with Gasteiger partial charge in [-0.05, 0) is 24.3 Å². The van der Waals surface area contributed by atoms with Crippen molar-refractivity contribution in [3.8, 4) is 0 Å². The summed E-state index contributed by atoms with van der Waals surface area (Å²) in [5, 5.41) is 6.22. The Bertz CT molecular complexity index is 1150. The van der Waals surface area contributed by atoms with Crippen LogP contribution in [0.1, 0.15) is 21.6 Å². The van der Waals surface area contributed by atoms with Crippen molar-refractivity contribution in [2.75, 3.05) is 0 Å². The fourth-order valence-electron chi connectivity index (χ4n) is 2.90. The number of hydrogen-bond acceptors (Lipinski definition) is 2. The van der Waals surface area contributed by atoms with Crippen LogP contribution in [0.2, 0.25) is 10.0 Å². The molecule has 0 aliphatic heterocycles. The number of nitrogens with one attached hydrogen (secondary N) is 2. The molecule has 0 spiro atoms. The van der Waals surface area contributed by atoms with E-state index in [1.54, 1.807) is 18.2 Å². The summed E-state index contributed by atoms with van der Waals surface area (Å²) in [4.78, 5) is 15.7. The van der Waals surface area contributed by atoms with E-state index in [0.29, 0.717) is 21.5 Å². The molecule has 0 saturated heterocycles. The zero-order chi connectivity index (χ0) is 19.5. The Morgan fingerprint density at radius 3 is 2.32 bits per heavy atom. The summed E-state index contributed by atoms with van der Waals surface area (Å²) >= 11 is 12.2. The summed E-state index contributed by atoms with van der Waals surface area (Å²) in [6.45, 7) is 0. The van der Waals surface area contributed by atoms with Crippen molar-refractivity contribution in [1.29, 1.82) is 0 Å². The fourth-order valence-corrected chi connectivity index (χ4v) is 3.20. The number of carbonyl (C=O) groups is 1. The largest absolute Gasteiger partial charge is 0.350 e. The van der Waals surface area contributed by atoms with Gasteiger partial charge in [0.2, 0.25) is 0 Å². The predicted molar refractivity (Wildman–Crippen MR) is 114 cm³/mol. The third kappa shape index (κ3) is 3.79. The summed E-state index contributed by atoms with van der Waals surface area (Å²) in [6.07, 6.45) is 0. The third-order valence-corrected chi connectivity index (χ3v) is 5.02. The molecular formula is C22H15Cl2N3O. The van der Waals surface area contributed by atoms with E-state index in [4.69, 9.17) is 23.2 Å². The van der Waals surface area contributed by atoms with Gasteiger partial charge in [0.25, 0.3) is 5.91 Å². The molecule has 0 saturated carbocycles. The molecule has 1 heterocycles. The number of benzene rings is 3. The van der Waals surface area contributed by atoms with Gasteiger partial charge in [-0.25, -0.2) is 5.43 Å². The lowest BCUT2D eigenvalue weighted by Gasteiger charge is -2.09. The molecule has 0 atom stereocenters. The molecule has 4 nitrogen and oxygen atoms in total. The van der Waals surface area contributed by atoms with E-state index < -0.39 is 0 Å². The van der Waals surface area contributed by atoms with Crippen molar-refractivity contribution in [1.82, 2.24) is 10.4 Å². The zero-order valence-electron chi connectivity index (χ0n) is 14.6. The number of amides is 1. The summed E-state index contributed by atoms with van der Waals surface area (Å²) in [5.41, 5.74) is 6.14. The van der Waals surface area contributed by atoms with Crippen molar-refractivity contribution in [3.05, 3.63) is 106 Å². The number of hydrazone groups is 1. The fraction of sp³-hybridized carbons (Fsp3) is 0. The topological polar surface area (TPSA) is 57.2 Å². The van der Waals surface area contributed by atoms with E-state index >= 15 is 0 Å². The van der Waals surface area contributed by atoms with Crippen LogP contribution in [-0.2, 0) is 0 Å². The van der Waals surface area contributed by atoms with Gasteiger partial charge in [0.05, 0.1) is 15.8 Å². The van der Waals surface area contributed by atoms with Crippen LogP contribution >= 0.6 is 23.2 Å². The van der Waals surface area contributed by atoms with Crippen LogP contribution in [0.5, 0.6) is 0 Å². The lowest BCUT2D eigenvalue weighted by Crippen LogP contribution is -2.21. The monoisotopic (exact) mass is 407 g/mol. The Morgan fingerprint density at radius 1 is 0.821 bits per heavy atom. The van der Waals surface area contributed by atoms with Crippen LogP contribution in [0, 0.1) is 0 Å². The Hall–Kier alpha value is -3.08. The van der Waals surface area contributed by atoms with E-state index in [2.05, 4.69) is 15.5 Å². The predicted octanol–water partition coefficient (Wildman–Crippen LogP) is 5.66. The molecular weight excluding hydrogens is 393 g/mol. The number of nitrogens with zero attached hydrogens (tertiary/aromatic N) is 1. The van der Waals surface area contributed by atoms with Gasteiger partial charge in [-0.3, -0.25) is 4.79 Å². The molecule has 0 radical (unpaired) electrons. The molecule has 28 heavy (non-hydrogen) atoms. The number of halogens is 2. The molecule has 2 N–H and O–H groups in total. The zero-order valence-corrected chi connectivity index (χ0v) is 16.1. The average molecular weight is 408 g/mol. The molecule has 0 aliphatic rings. The highest BCUT2D eigenvalue weighted by molar-refractivity contribution is 6.42. The SMILES string of the molecule is O=C(NN=C(c1ccccc1)c1ccc(Cl)c(Cl)c1)c1cc2ccccc2[nH]1. The number of para-hydroxylation sites is 1. The maximum atomic E-state index is 12.6. The molecule has 0 fully saturated rings. The van der Waals surface area contributed by atoms with E-state index in [1.807, 2.05) is 60.7 Å². The van der Waals surface area contributed by atoms with Gasteiger partial charge in [0.1, 0.15) is 5.69 Å². The molecule has 0 aliphatic carbocycles. The van der Waals surface area contributed by atoms with Crippen molar-refractivity contribution in [2.45, 2.75) is 0 Å². The number of carbonyl (C=O) groups excluding carboxylic acids is 1. The van der Waals surface area contributed by atoms with Crippen LogP contribution < -0.4 is 5.43 Å². The third-order valence-electron chi connectivity index (χ3n) is 4.28. The summed E-state index contributed by atoms with van der Waals surface area (Å²) in [7, 11) is 0. The summed E-state index contributed by atoms with van der Waals surface area (Å²) < 4.78 is 0. The highest BCUT2D eigenvalue weighted by Gasteiger charge is 2.12. The van der Waals surface area contributed by atoms with E-state index in [-0.39, 0.29) is 5.91 Å². The van der Waals surface area contributed by atoms with Crippen LogP contribution in [0.25, 0.3) is 10.9 Å². The van der Waals surface area contributed by atoms with Crippen molar-refractivity contribution >= 4 is 45.7 Å². The first-order valence-corrected chi connectivity index (χ1v) is 9.34. The number of H-pyrrole nitrogens is 1. The highest BCUT2D eigenvalue weighted by Crippen LogP contribution is 2.24. The van der Waals surface area contributed by atoms with Crippen molar-refractivity contribution < 1.29 is 4.79 Å². The molecule has 4 rings (SSSR count). The second kappa shape index (κ2) is 7.89. The summed E-state index contributed by atoms with van der Waals surface area (Å²) in [5.74, 6) is -0.329. The van der Waals surface area contributed by atoms with Crippen LogP contribution in [0.4, 0.5) is 0 Å². The van der Waals surface area contributed by atoms with E-state index in [9.17, 15) is 4.79 Å². The maximum absolute atomic E-state index is 12.6. The smallest absolute Gasteiger partial charge is 0.287 e. The molecule has 0 bridgehead atoms. The highest BCUT2D eigenvalue weighted by atomic mass is 35.5. The first-order valence-electron chi connectivity index (χ1n) is 8.58. The van der Waals surface area contributed by atoms with Gasteiger partial charge < -0.3 is 4.98 Å². The van der Waals surface area contributed by atoms with E-state index in [1.165, 1.54) is 0 Å². The Morgan fingerprint density at radius 2 is 1.57 bits per heavy atom. The number of aromatic nitrogens is 1. The second-order valence-electron chi connectivity index (χ2n) is 6.17. The lowest BCUT2D eigenvalue weighted by molar-refractivity contribution is 0.0951. The van der Waals surface area contributed by atoms with Gasteiger partial charge in [0.15, 0.2) is 0 Å². The van der Waals surface area contributed by atoms with Crippen molar-refractivity contribution in [3.63, 3.8) is 0 Å². The molecule has 4 aromatic rings. The standard InChI is InChI=1S/C22H15Cl2N3O/c23-17-11-10-16(12-18(17)24)21(14-6-2-1-3-7-14)26-27-22(28)20-13-15-8-4-5-9-19(15)25-20/h1-13,25H,(H,27,28). The minimum atomic E-state index is -0.329. The maximum Gasteiger partial charge on any atom is 0.287 e.